The highest BCUT2D eigenvalue weighted by molar-refractivity contribution is 7.99. The molecule has 0 aliphatic carbocycles. The van der Waals surface area contributed by atoms with Crippen molar-refractivity contribution in [2.24, 2.45) is 0 Å². The maximum absolute atomic E-state index is 11.2. The predicted molar refractivity (Wildman–Crippen MR) is 82.5 cm³/mol. The third-order valence-corrected chi connectivity index (χ3v) is 4.71. The van der Waals surface area contributed by atoms with Crippen molar-refractivity contribution in [3.63, 3.8) is 0 Å². The van der Waals surface area contributed by atoms with E-state index < -0.39 is 11.5 Å². The van der Waals surface area contributed by atoms with E-state index in [9.17, 15) is 9.90 Å². The van der Waals surface area contributed by atoms with Crippen LogP contribution in [0, 0.1) is 0 Å². The molecule has 0 fully saturated rings. The number of carbonyl (C=O) groups is 1. The van der Waals surface area contributed by atoms with Gasteiger partial charge < -0.3 is 19.9 Å². The summed E-state index contributed by atoms with van der Waals surface area (Å²) in [6.07, 6.45) is 1.42. The Morgan fingerprint density at radius 1 is 1.38 bits per heavy atom. The number of carboxylic acids is 1. The van der Waals surface area contributed by atoms with Crippen molar-refractivity contribution in [3.05, 3.63) is 18.2 Å². The average Bonchev–Trinajstić information content (AvgIpc) is 2.51. The Kier molecular flexibility index (Phi) is 5.36. The molecule has 1 heterocycles. The Morgan fingerprint density at radius 2 is 2.10 bits per heavy atom. The van der Waals surface area contributed by atoms with E-state index in [4.69, 9.17) is 9.47 Å². The Morgan fingerprint density at radius 3 is 2.76 bits per heavy atom. The lowest BCUT2D eigenvalue weighted by molar-refractivity contribution is -0.144. The lowest BCUT2D eigenvalue weighted by Crippen LogP contribution is -2.47. The number of nitrogens with one attached hydrogen (secondary N) is 1. The molecule has 1 aromatic rings. The van der Waals surface area contributed by atoms with Gasteiger partial charge in [0.2, 0.25) is 0 Å². The van der Waals surface area contributed by atoms with Crippen LogP contribution in [0.4, 0.5) is 0 Å². The Labute approximate surface area is 129 Å². The SMILES string of the molecule is CNC(C)(CCCSc1ccc2c(c1)OCCO2)C(=O)O. The van der Waals surface area contributed by atoms with Crippen LogP contribution < -0.4 is 14.8 Å². The van der Waals surface area contributed by atoms with E-state index in [0.29, 0.717) is 19.6 Å². The minimum Gasteiger partial charge on any atom is -0.486 e. The van der Waals surface area contributed by atoms with Crippen LogP contribution >= 0.6 is 11.8 Å². The normalized spacial score (nSPS) is 16.3. The summed E-state index contributed by atoms with van der Waals surface area (Å²) in [6.45, 7) is 2.89. The van der Waals surface area contributed by atoms with Gasteiger partial charge >= 0.3 is 5.97 Å². The molecule has 6 heteroatoms. The molecule has 0 saturated carbocycles. The standard InChI is InChI=1S/C15H21NO4S/c1-15(16-2,14(17)18)6-3-9-21-11-4-5-12-13(10-11)20-8-7-19-12/h4-5,10,16H,3,6-9H2,1-2H3,(H,17,18). The molecule has 0 radical (unpaired) electrons. The number of fused-ring (bicyclic) bond motifs is 1. The van der Waals surface area contributed by atoms with Crippen LogP contribution in [0.5, 0.6) is 11.5 Å². The third-order valence-electron chi connectivity index (χ3n) is 3.63. The molecule has 0 amide bonds. The van der Waals surface area contributed by atoms with Gasteiger partial charge in [-0.15, -0.1) is 11.8 Å². The fourth-order valence-electron chi connectivity index (χ4n) is 2.07. The first-order chi connectivity index (χ1) is 10.0. The zero-order valence-electron chi connectivity index (χ0n) is 12.3. The fourth-order valence-corrected chi connectivity index (χ4v) is 2.95. The molecule has 2 rings (SSSR count). The molecule has 0 spiro atoms. The van der Waals surface area contributed by atoms with Crippen LogP contribution in [-0.2, 0) is 4.79 Å². The molecule has 2 N–H and O–H groups in total. The highest BCUT2D eigenvalue weighted by Gasteiger charge is 2.30. The largest absolute Gasteiger partial charge is 0.486 e. The van der Waals surface area contributed by atoms with Gasteiger partial charge in [0.25, 0.3) is 0 Å². The van der Waals surface area contributed by atoms with Gasteiger partial charge in [0.05, 0.1) is 0 Å². The first kappa shape index (κ1) is 16.0. The third kappa shape index (κ3) is 4.04. The molecular weight excluding hydrogens is 290 g/mol. The number of benzene rings is 1. The summed E-state index contributed by atoms with van der Waals surface area (Å²) in [5, 5.41) is 12.1. The van der Waals surface area contributed by atoms with Gasteiger partial charge in [-0.2, -0.15) is 0 Å². The van der Waals surface area contributed by atoms with Crippen molar-refractivity contribution in [2.45, 2.75) is 30.2 Å². The molecule has 21 heavy (non-hydrogen) atoms. The summed E-state index contributed by atoms with van der Waals surface area (Å²) >= 11 is 1.70. The summed E-state index contributed by atoms with van der Waals surface area (Å²) in [5.41, 5.74) is -0.854. The van der Waals surface area contributed by atoms with E-state index in [0.717, 1.165) is 28.6 Å². The van der Waals surface area contributed by atoms with Crippen molar-refractivity contribution >= 4 is 17.7 Å². The average molecular weight is 311 g/mol. The van der Waals surface area contributed by atoms with Crippen LogP contribution in [0.25, 0.3) is 0 Å². The van der Waals surface area contributed by atoms with Gasteiger partial charge in [0, 0.05) is 4.90 Å². The van der Waals surface area contributed by atoms with Crippen molar-refractivity contribution in [2.75, 3.05) is 26.0 Å². The number of hydrogen-bond acceptors (Lipinski definition) is 5. The molecule has 0 aromatic heterocycles. The van der Waals surface area contributed by atoms with E-state index in [-0.39, 0.29) is 0 Å². The molecule has 0 bridgehead atoms. The number of carboxylic acid groups (broad SMARTS) is 1. The first-order valence-corrected chi connectivity index (χ1v) is 7.98. The lowest BCUT2D eigenvalue weighted by Gasteiger charge is -2.23. The molecule has 116 valence electrons. The molecule has 1 aliphatic heterocycles. The summed E-state index contributed by atoms with van der Waals surface area (Å²) in [5.74, 6) is 1.63. The number of likely N-dealkylation sites (N-methyl/N-ethyl adjacent to an activating group) is 1. The van der Waals surface area contributed by atoms with Gasteiger partial charge in [-0.3, -0.25) is 4.79 Å². The van der Waals surface area contributed by atoms with Crippen LogP contribution in [0.1, 0.15) is 19.8 Å². The molecule has 1 aliphatic rings. The van der Waals surface area contributed by atoms with Crippen LogP contribution in [0.2, 0.25) is 0 Å². The second-order valence-corrected chi connectivity index (χ2v) is 6.31. The zero-order chi connectivity index (χ0) is 15.3. The Balaban J connectivity index is 1.82. The summed E-state index contributed by atoms with van der Waals surface area (Å²) in [7, 11) is 1.68. The first-order valence-electron chi connectivity index (χ1n) is 7.00. The predicted octanol–water partition coefficient (Wildman–Crippen LogP) is 2.39. The van der Waals surface area contributed by atoms with Crippen molar-refractivity contribution in [3.8, 4) is 11.5 Å². The van der Waals surface area contributed by atoms with Gasteiger partial charge in [0.15, 0.2) is 11.5 Å². The zero-order valence-corrected chi connectivity index (χ0v) is 13.2. The molecular formula is C15H21NO4S. The monoisotopic (exact) mass is 311 g/mol. The number of hydrogen-bond donors (Lipinski definition) is 2. The molecule has 1 aromatic carbocycles. The maximum atomic E-state index is 11.2. The van der Waals surface area contributed by atoms with Crippen molar-refractivity contribution in [1.82, 2.24) is 5.32 Å². The van der Waals surface area contributed by atoms with E-state index in [2.05, 4.69) is 5.32 Å². The number of ether oxygens (including phenoxy) is 2. The van der Waals surface area contributed by atoms with E-state index in [1.807, 2.05) is 18.2 Å². The Hall–Kier alpha value is -1.40. The summed E-state index contributed by atoms with van der Waals surface area (Å²) in [4.78, 5) is 12.3. The second-order valence-electron chi connectivity index (χ2n) is 5.14. The number of rotatable bonds is 7. The van der Waals surface area contributed by atoms with Crippen LogP contribution in [0.3, 0.4) is 0 Å². The molecule has 1 atom stereocenters. The topological polar surface area (TPSA) is 67.8 Å². The van der Waals surface area contributed by atoms with Gasteiger partial charge in [-0.05, 0) is 50.8 Å². The van der Waals surface area contributed by atoms with E-state index in [1.54, 1.807) is 25.7 Å². The highest BCUT2D eigenvalue weighted by atomic mass is 32.2. The Bertz CT molecular complexity index is 508. The second kappa shape index (κ2) is 7.04. The van der Waals surface area contributed by atoms with E-state index >= 15 is 0 Å². The fraction of sp³-hybridized carbons (Fsp3) is 0.533. The summed E-state index contributed by atoms with van der Waals surface area (Å²) in [6, 6.07) is 5.91. The summed E-state index contributed by atoms with van der Waals surface area (Å²) < 4.78 is 11.0. The number of aliphatic carboxylic acids is 1. The quantitative estimate of drug-likeness (QED) is 0.595. The maximum Gasteiger partial charge on any atom is 0.323 e. The minimum atomic E-state index is -0.854. The van der Waals surface area contributed by atoms with Crippen molar-refractivity contribution < 1.29 is 19.4 Å². The highest BCUT2D eigenvalue weighted by Crippen LogP contribution is 2.34. The molecule has 5 nitrogen and oxygen atoms in total. The smallest absolute Gasteiger partial charge is 0.323 e. The minimum absolute atomic E-state index is 0.584. The van der Waals surface area contributed by atoms with Crippen LogP contribution in [-0.4, -0.2) is 42.6 Å². The lowest BCUT2D eigenvalue weighted by atomic mass is 9.97. The van der Waals surface area contributed by atoms with Crippen LogP contribution in [0.15, 0.2) is 23.1 Å². The molecule has 1 unspecified atom stereocenters. The van der Waals surface area contributed by atoms with E-state index in [1.165, 1.54) is 0 Å². The number of thioether (sulfide) groups is 1. The van der Waals surface area contributed by atoms with Gasteiger partial charge in [0.1, 0.15) is 18.8 Å². The van der Waals surface area contributed by atoms with Crippen molar-refractivity contribution in [1.29, 1.82) is 0 Å². The van der Waals surface area contributed by atoms with Gasteiger partial charge in [-0.25, -0.2) is 0 Å². The molecule has 0 saturated heterocycles. The van der Waals surface area contributed by atoms with Gasteiger partial charge in [-0.1, -0.05) is 0 Å².